The van der Waals surface area contributed by atoms with Crippen LogP contribution in [0.5, 0.6) is 0 Å². The van der Waals surface area contributed by atoms with Crippen LogP contribution in [0.2, 0.25) is 0 Å². The van der Waals surface area contributed by atoms with E-state index in [0.717, 1.165) is 11.1 Å². The van der Waals surface area contributed by atoms with Gasteiger partial charge in [-0.3, -0.25) is 4.79 Å². The molecule has 0 aliphatic rings. The van der Waals surface area contributed by atoms with E-state index in [4.69, 9.17) is 5.26 Å². The van der Waals surface area contributed by atoms with E-state index in [1.54, 1.807) is 25.2 Å². The number of amides is 1. The lowest BCUT2D eigenvalue weighted by Gasteiger charge is -1.99. The fraction of sp³-hybridized carbons (Fsp3) is 0.167. The highest BCUT2D eigenvalue weighted by molar-refractivity contribution is 5.78. The Bertz CT molecular complexity index is 443. The van der Waals surface area contributed by atoms with Crippen molar-refractivity contribution in [3.05, 3.63) is 35.4 Å². The molecule has 1 aromatic carbocycles. The molecule has 0 aliphatic heterocycles. The second kappa shape index (κ2) is 5.47. The van der Waals surface area contributed by atoms with Crippen LogP contribution in [0.25, 0.3) is 0 Å². The highest BCUT2D eigenvalue weighted by atomic mass is 16.1. The third-order valence-corrected chi connectivity index (χ3v) is 1.86. The Kier molecular flexibility index (Phi) is 3.94. The number of nitrogens with one attached hydrogen (secondary N) is 1. The highest BCUT2D eigenvalue weighted by Crippen LogP contribution is 2.03. The van der Waals surface area contributed by atoms with Gasteiger partial charge in [0.15, 0.2) is 6.07 Å². The van der Waals surface area contributed by atoms with Crippen molar-refractivity contribution in [1.82, 2.24) is 5.32 Å². The molecule has 0 saturated heterocycles. The SMILES string of the molecule is CNC(=O)Cc1ccc(C#CC#N)cc1. The van der Waals surface area contributed by atoms with E-state index in [1.807, 2.05) is 12.1 Å². The Morgan fingerprint density at radius 3 is 2.60 bits per heavy atom. The lowest BCUT2D eigenvalue weighted by atomic mass is 10.1. The van der Waals surface area contributed by atoms with Gasteiger partial charge in [0.2, 0.25) is 5.91 Å². The van der Waals surface area contributed by atoms with Gasteiger partial charge in [0.05, 0.1) is 6.42 Å². The zero-order valence-electron chi connectivity index (χ0n) is 8.37. The average Bonchev–Trinajstić information content (AvgIpc) is 2.28. The summed E-state index contributed by atoms with van der Waals surface area (Å²) < 4.78 is 0. The van der Waals surface area contributed by atoms with Crippen LogP contribution < -0.4 is 5.32 Å². The molecule has 0 saturated carbocycles. The summed E-state index contributed by atoms with van der Waals surface area (Å²) in [6.07, 6.45) is 0.364. The van der Waals surface area contributed by atoms with Crippen LogP contribution in [-0.4, -0.2) is 13.0 Å². The summed E-state index contributed by atoms with van der Waals surface area (Å²) in [7, 11) is 1.61. The maximum Gasteiger partial charge on any atom is 0.224 e. The lowest BCUT2D eigenvalue weighted by Crippen LogP contribution is -2.19. The molecule has 0 spiro atoms. The predicted octanol–water partition coefficient (Wildman–Crippen LogP) is 0.850. The summed E-state index contributed by atoms with van der Waals surface area (Å²) in [6, 6.07) is 9.00. The van der Waals surface area contributed by atoms with Gasteiger partial charge in [0.25, 0.3) is 0 Å². The molecule has 3 nitrogen and oxygen atoms in total. The van der Waals surface area contributed by atoms with Crippen LogP contribution in [0.1, 0.15) is 11.1 Å². The van der Waals surface area contributed by atoms with Gasteiger partial charge in [-0.2, -0.15) is 5.26 Å². The van der Waals surface area contributed by atoms with Crippen molar-refractivity contribution in [2.24, 2.45) is 0 Å². The molecule has 0 unspecified atom stereocenters. The molecule has 0 heterocycles. The number of carbonyl (C=O) groups excluding carboxylic acids is 1. The van der Waals surface area contributed by atoms with Crippen molar-refractivity contribution in [2.75, 3.05) is 7.05 Å². The van der Waals surface area contributed by atoms with Crippen molar-refractivity contribution in [1.29, 1.82) is 5.26 Å². The van der Waals surface area contributed by atoms with Crippen molar-refractivity contribution in [3.63, 3.8) is 0 Å². The predicted molar refractivity (Wildman–Crippen MR) is 56.7 cm³/mol. The van der Waals surface area contributed by atoms with E-state index in [2.05, 4.69) is 17.2 Å². The number of rotatable bonds is 2. The van der Waals surface area contributed by atoms with Crippen LogP contribution in [-0.2, 0) is 11.2 Å². The molecular weight excluding hydrogens is 188 g/mol. The third-order valence-electron chi connectivity index (χ3n) is 1.86. The minimum atomic E-state index is -0.0224. The molecule has 0 bridgehead atoms. The maximum atomic E-state index is 11.1. The molecule has 0 aromatic heterocycles. The number of hydrogen-bond donors (Lipinski definition) is 1. The van der Waals surface area contributed by atoms with E-state index < -0.39 is 0 Å². The van der Waals surface area contributed by atoms with Crippen molar-refractivity contribution < 1.29 is 4.79 Å². The molecule has 1 N–H and O–H groups in total. The first kappa shape index (κ1) is 10.8. The Morgan fingerprint density at radius 2 is 2.07 bits per heavy atom. The molecule has 1 rings (SSSR count). The lowest BCUT2D eigenvalue weighted by molar-refractivity contribution is -0.119. The van der Waals surface area contributed by atoms with Gasteiger partial charge in [0.1, 0.15) is 0 Å². The molecule has 0 aliphatic carbocycles. The number of benzene rings is 1. The zero-order valence-corrected chi connectivity index (χ0v) is 8.37. The molecule has 1 aromatic rings. The quantitative estimate of drug-likeness (QED) is 0.716. The Hall–Kier alpha value is -2.26. The van der Waals surface area contributed by atoms with Gasteiger partial charge in [-0.1, -0.05) is 18.1 Å². The number of likely N-dealkylation sites (N-methyl/N-ethyl adjacent to an activating group) is 1. The molecule has 0 radical (unpaired) electrons. The summed E-state index contributed by atoms with van der Waals surface area (Å²) in [6.45, 7) is 0. The molecule has 1 amide bonds. The molecule has 0 atom stereocenters. The fourth-order valence-corrected chi connectivity index (χ4v) is 1.08. The average molecular weight is 198 g/mol. The normalized spacial score (nSPS) is 8.27. The number of nitrogens with zero attached hydrogens (tertiary/aromatic N) is 1. The fourth-order valence-electron chi connectivity index (χ4n) is 1.08. The number of carbonyl (C=O) groups is 1. The summed E-state index contributed by atoms with van der Waals surface area (Å²) >= 11 is 0. The second-order valence-electron chi connectivity index (χ2n) is 2.91. The molecule has 0 fully saturated rings. The second-order valence-corrected chi connectivity index (χ2v) is 2.91. The van der Waals surface area contributed by atoms with Crippen molar-refractivity contribution in [2.45, 2.75) is 6.42 Å². The van der Waals surface area contributed by atoms with Crippen molar-refractivity contribution >= 4 is 5.91 Å². The first-order valence-corrected chi connectivity index (χ1v) is 4.46. The van der Waals surface area contributed by atoms with Gasteiger partial charge in [0, 0.05) is 18.5 Å². The minimum absolute atomic E-state index is 0.0224. The number of nitriles is 1. The largest absolute Gasteiger partial charge is 0.359 e. The summed E-state index contributed by atoms with van der Waals surface area (Å²) in [5, 5.41) is 10.8. The third kappa shape index (κ3) is 3.54. The smallest absolute Gasteiger partial charge is 0.224 e. The number of hydrogen-bond acceptors (Lipinski definition) is 2. The summed E-state index contributed by atoms with van der Waals surface area (Å²) in [4.78, 5) is 11.1. The highest BCUT2D eigenvalue weighted by Gasteiger charge is 1.99. The van der Waals surface area contributed by atoms with E-state index in [-0.39, 0.29) is 5.91 Å². The van der Waals surface area contributed by atoms with Crippen LogP contribution in [0.4, 0.5) is 0 Å². The first-order chi connectivity index (χ1) is 7.26. The van der Waals surface area contributed by atoms with Crippen LogP contribution in [0.15, 0.2) is 24.3 Å². The van der Waals surface area contributed by atoms with Gasteiger partial charge in [-0.15, -0.1) is 0 Å². The standard InChI is InChI=1S/C12H10N2O/c1-14-12(15)9-11-6-4-10(5-7-11)3-2-8-13/h4-7H,9H2,1H3,(H,14,15). The monoisotopic (exact) mass is 198 g/mol. The molecular formula is C12H10N2O. The van der Waals surface area contributed by atoms with Crippen LogP contribution in [0.3, 0.4) is 0 Å². The molecule has 3 heteroatoms. The van der Waals surface area contributed by atoms with E-state index in [1.165, 1.54) is 0 Å². The topological polar surface area (TPSA) is 52.9 Å². The van der Waals surface area contributed by atoms with Gasteiger partial charge in [-0.25, -0.2) is 0 Å². The Labute approximate surface area is 88.7 Å². The van der Waals surface area contributed by atoms with Gasteiger partial charge in [-0.05, 0) is 17.7 Å². The van der Waals surface area contributed by atoms with Crippen molar-refractivity contribution in [3.8, 4) is 17.9 Å². The minimum Gasteiger partial charge on any atom is -0.359 e. The first-order valence-electron chi connectivity index (χ1n) is 4.46. The van der Waals surface area contributed by atoms with E-state index in [9.17, 15) is 4.79 Å². The van der Waals surface area contributed by atoms with Gasteiger partial charge >= 0.3 is 0 Å². The Morgan fingerprint density at radius 1 is 1.40 bits per heavy atom. The molecule has 74 valence electrons. The van der Waals surface area contributed by atoms with Crippen LogP contribution in [0, 0.1) is 23.2 Å². The van der Waals surface area contributed by atoms with Gasteiger partial charge < -0.3 is 5.32 Å². The maximum absolute atomic E-state index is 11.1. The summed E-state index contributed by atoms with van der Waals surface area (Å²) in [5.74, 6) is 4.97. The summed E-state index contributed by atoms with van der Waals surface area (Å²) in [5.41, 5.74) is 1.70. The zero-order chi connectivity index (χ0) is 11.1. The van der Waals surface area contributed by atoms with Crippen LogP contribution >= 0.6 is 0 Å². The van der Waals surface area contributed by atoms with E-state index in [0.29, 0.717) is 6.42 Å². The molecule has 15 heavy (non-hydrogen) atoms. The van der Waals surface area contributed by atoms with E-state index >= 15 is 0 Å². The Balaban J connectivity index is 2.73.